The van der Waals surface area contributed by atoms with Crippen molar-refractivity contribution in [3.63, 3.8) is 0 Å². The molecular formula is C15H19F2NO4. The third kappa shape index (κ3) is 4.07. The van der Waals surface area contributed by atoms with Gasteiger partial charge in [0.15, 0.2) is 11.5 Å². The minimum atomic E-state index is -2.92. The van der Waals surface area contributed by atoms with Crippen LogP contribution in [0.4, 0.5) is 8.78 Å². The van der Waals surface area contributed by atoms with Crippen molar-refractivity contribution in [3.05, 3.63) is 23.8 Å². The second kappa shape index (κ2) is 7.40. The maximum atomic E-state index is 12.4. The van der Waals surface area contributed by atoms with Crippen molar-refractivity contribution in [1.29, 1.82) is 0 Å². The van der Waals surface area contributed by atoms with E-state index in [4.69, 9.17) is 4.74 Å². The molecule has 1 aliphatic heterocycles. The Bertz CT molecular complexity index is 524. The van der Waals surface area contributed by atoms with E-state index in [1.807, 2.05) is 4.90 Å². The summed E-state index contributed by atoms with van der Waals surface area (Å²) in [5.41, 5.74) is 0.804. The van der Waals surface area contributed by atoms with Crippen molar-refractivity contribution in [2.45, 2.75) is 39.0 Å². The average Bonchev–Trinajstić information content (AvgIpc) is 2.90. The first-order chi connectivity index (χ1) is 10.5. The fourth-order valence-corrected chi connectivity index (χ4v) is 2.64. The summed E-state index contributed by atoms with van der Waals surface area (Å²) < 4.78 is 34.5. The van der Waals surface area contributed by atoms with E-state index in [0.717, 1.165) is 12.0 Å². The third-order valence-electron chi connectivity index (χ3n) is 3.56. The Morgan fingerprint density at radius 2 is 2.23 bits per heavy atom. The summed E-state index contributed by atoms with van der Waals surface area (Å²) in [6.45, 7) is 0.298. The summed E-state index contributed by atoms with van der Waals surface area (Å²) in [7, 11) is 0. The number of alkyl halides is 2. The Labute approximate surface area is 127 Å². The normalized spacial score (nSPS) is 18.6. The number of hydrogen-bond donors (Lipinski definition) is 1. The van der Waals surface area contributed by atoms with Crippen LogP contribution < -0.4 is 9.47 Å². The molecule has 1 saturated heterocycles. The molecule has 0 amide bonds. The number of carbonyl (C=O) groups is 1. The van der Waals surface area contributed by atoms with Crippen LogP contribution in [-0.2, 0) is 11.3 Å². The van der Waals surface area contributed by atoms with Crippen LogP contribution in [0.2, 0.25) is 0 Å². The standard InChI is InChI=1S/C15H19F2NO4/c1-2-21-13-8-10(5-6-12(13)22-15(16)17)9-18-7-3-4-11(18)14(19)20/h5-6,8,11,15H,2-4,7,9H2,1H3,(H,19,20)/t11-/m0/s1. The molecule has 1 aromatic rings. The first kappa shape index (κ1) is 16.5. The molecule has 0 spiro atoms. The van der Waals surface area contributed by atoms with Gasteiger partial charge < -0.3 is 14.6 Å². The third-order valence-corrected chi connectivity index (χ3v) is 3.56. The first-order valence-corrected chi connectivity index (χ1v) is 7.18. The van der Waals surface area contributed by atoms with Crippen LogP contribution >= 0.6 is 0 Å². The van der Waals surface area contributed by atoms with Gasteiger partial charge in [-0.1, -0.05) is 6.07 Å². The lowest BCUT2D eigenvalue weighted by Crippen LogP contribution is -2.35. The molecule has 0 radical (unpaired) electrons. The van der Waals surface area contributed by atoms with E-state index in [-0.39, 0.29) is 11.5 Å². The highest BCUT2D eigenvalue weighted by Gasteiger charge is 2.30. The van der Waals surface area contributed by atoms with Crippen molar-refractivity contribution in [2.24, 2.45) is 0 Å². The molecule has 5 nitrogen and oxygen atoms in total. The molecule has 0 unspecified atom stereocenters. The number of hydrogen-bond acceptors (Lipinski definition) is 4. The number of nitrogens with zero attached hydrogens (tertiary/aromatic N) is 1. The molecule has 0 bridgehead atoms. The highest BCUT2D eigenvalue weighted by molar-refractivity contribution is 5.73. The molecule has 1 aliphatic rings. The number of carboxylic acid groups (broad SMARTS) is 1. The van der Waals surface area contributed by atoms with Crippen LogP contribution in [0.3, 0.4) is 0 Å². The zero-order valence-electron chi connectivity index (χ0n) is 12.3. The van der Waals surface area contributed by atoms with Crippen LogP contribution in [0.25, 0.3) is 0 Å². The zero-order valence-corrected chi connectivity index (χ0v) is 12.3. The molecule has 7 heteroatoms. The molecule has 0 aliphatic carbocycles. The van der Waals surface area contributed by atoms with Gasteiger partial charge in [0, 0.05) is 6.54 Å². The molecule has 1 N–H and O–H groups in total. The van der Waals surface area contributed by atoms with E-state index >= 15 is 0 Å². The van der Waals surface area contributed by atoms with E-state index < -0.39 is 18.6 Å². The number of halogens is 2. The minimum Gasteiger partial charge on any atom is -0.490 e. The molecule has 1 fully saturated rings. The first-order valence-electron chi connectivity index (χ1n) is 7.18. The number of likely N-dealkylation sites (tertiary alicyclic amines) is 1. The van der Waals surface area contributed by atoms with Gasteiger partial charge in [-0.2, -0.15) is 8.78 Å². The molecule has 2 rings (SSSR count). The van der Waals surface area contributed by atoms with Gasteiger partial charge in [-0.25, -0.2) is 0 Å². The Morgan fingerprint density at radius 1 is 1.45 bits per heavy atom. The maximum Gasteiger partial charge on any atom is 0.387 e. The molecule has 1 atom stereocenters. The largest absolute Gasteiger partial charge is 0.490 e. The van der Waals surface area contributed by atoms with Crippen LogP contribution in [0, 0.1) is 0 Å². The van der Waals surface area contributed by atoms with E-state index in [0.29, 0.717) is 26.1 Å². The van der Waals surface area contributed by atoms with Gasteiger partial charge in [-0.05, 0) is 44.0 Å². The van der Waals surface area contributed by atoms with Gasteiger partial charge in [-0.3, -0.25) is 9.69 Å². The van der Waals surface area contributed by atoms with Gasteiger partial charge in [0.05, 0.1) is 6.61 Å². The van der Waals surface area contributed by atoms with Crippen LogP contribution in [0.1, 0.15) is 25.3 Å². The van der Waals surface area contributed by atoms with E-state index in [1.165, 1.54) is 6.07 Å². The summed E-state index contributed by atoms with van der Waals surface area (Å²) in [4.78, 5) is 13.0. The Kier molecular flexibility index (Phi) is 5.54. The molecule has 1 aromatic carbocycles. The highest BCUT2D eigenvalue weighted by Crippen LogP contribution is 2.31. The van der Waals surface area contributed by atoms with Gasteiger partial charge in [0.25, 0.3) is 0 Å². The quantitative estimate of drug-likeness (QED) is 0.838. The number of rotatable bonds is 7. The van der Waals surface area contributed by atoms with Gasteiger partial charge in [-0.15, -0.1) is 0 Å². The molecular weight excluding hydrogens is 296 g/mol. The average molecular weight is 315 g/mol. The molecule has 122 valence electrons. The highest BCUT2D eigenvalue weighted by atomic mass is 19.3. The Morgan fingerprint density at radius 3 is 2.86 bits per heavy atom. The van der Waals surface area contributed by atoms with Crippen LogP contribution in [0.5, 0.6) is 11.5 Å². The summed E-state index contributed by atoms with van der Waals surface area (Å²) in [5.74, 6) is -0.608. The molecule has 0 aromatic heterocycles. The van der Waals surface area contributed by atoms with Crippen LogP contribution in [0.15, 0.2) is 18.2 Å². The van der Waals surface area contributed by atoms with Crippen molar-refractivity contribution in [2.75, 3.05) is 13.2 Å². The predicted molar refractivity (Wildman–Crippen MR) is 75.3 cm³/mol. The van der Waals surface area contributed by atoms with Gasteiger partial charge >= 0.3 is 12.6 Å². The second-order valence-corrected chi connectivity index (χ2v) is 5.06. The van der Waals surface area contributed by atoms with Crippen molar-refractivity contribution >= 4 is 5.97 Å². The van der Waals surface area contributed by atoms with Gasteiger partial charge in [0.2, 0.25) is 0 Å². The minimum absolute atomic E-state index is 0.0168. The molecule has 22 heavy (non-hydrogen) atoms. The SMILES string of the molecule is CCOc1cc(CN2CCC[C@H]2C(=O)O)ccc1OC(F)F. The van der Waals surface area contributed by atoms with Crippen molar-refractivity contribution in [3.8, 4) is 11.5 Å². The monoisotopic (exact) mass is 315 g/mol. The molecule has 0 saturated carbocycles. The smallest absolute Gasteiger partial charge is 0.387 e. The predicted octanol–water partition coefficient (Wildman–Crippen LogP) is 2.74. The fraction of sp³-hybridized carbons (Fsp3) is 0.533. The Balaban J connectivity index is 2.14. The van der Waals surface area contributed by atoms with E-state index in [9.17, 15) is 18.7 Å². The number of benzene rings is 1. The lowest BCUT2D eigenvalue weighted by molar-refractivity contribution is -0.142. The summed E-state index contributed by atoms with van der Waals surface area (Å²) in [5, 5.41) is 9.17. The van der Waals surface area contributed by atoms with Crippen molar-refractivity contribution < 1.29 is 28.2 Å². The summed E-state index contributed by atoms with van der Waals surface area (Å²) in [6.07, 6.45) is 1.46. The fourth-order valence-electron chi connectivity index (χ4n) is 2.64. The summed E-state index contributed by atoms with van der Waals surface area (Å²) >= 11 is 0. The molecule has 1 heterocycles. The zero-order chi connectivity index (χ0) is 16.1. The van der Waals surface area contributed by atoms with Gasteiger partial charge in [0.1, 0.15) is 6.04 Å². The number of ether oxygens (including phenoxy) is 2. The summed E-state index contributed by atoms with van der Waals surface area (Å²) in [6, 6.07) is 4.21. The number of carboxylic acids is 1. The lowest BCUT2D eigenvalue weighted by atomic mass is 10.1. The van der Waals surface area contributed by atoms with E-state index in [1.54, 1.807) is 19.1 Å². The topological polar surface area (TPSA) is 59.0 Å². The maximum absolute atomic E-state index is 12.4. The number of aliphatic carboxylic acids is 1. The Hall–Kier alpha value is -1.89. The second-order valence-electron chi connectivity index (χ2n) is 5.06. The van der Waals surface area contributed by atoms with Crippen LogP contribution in [-0.4, -0.2) is 41.8 Å². The lowest BCUT2D eigenvalue weighted by Gasteiger charge is -2.21. The van der Waals surface area contributed by atoms with Crippen molar-refractivity contribution in [1.82, 2.24) is 4.90 Å². The van der Waals surface area contributed by atoms with E-state index in [2.05, 4.69) is 4.74 Å².